The number of nitrogens with one attached hydrogen (secondary N) is 2. The summed E-state index contributed by atoms with van der Waals surface area (Å²) in [7, 11) is -2.13. The highest BCUT2D eigenvalue weighted by Gasteiger charge is 2.17. The Morgan fingerprint density at radius 2 is 2.00 bits per heavy atom. The fourth-order valence-electron chi connectivity index (χ4n) is 1.38. The maximum atomic E-state index is 11.6. The second-order valence-corrected chi connectivity index (χ2v) is 7.02. The molecule has 6 nitrogen and oxygen atoms in total. The Kier molecular flexibility index (Phi) is 4.78. The number of sulfonamides is 1. The van der Waals surface area contributed by atoms with Gasteiger partial charge in [-0.1, -0.05) is 13.8 Å². The van der Waals surface area contributed by atoms with Gasteiger partial charge >= 0.3 is 0 Å². The van der Waals surface area contributed by atoms with Gasteiger partial charge in [-0.3, -0.25) is 0 Å². The summed E-state index contributed by atoms with van der Waals surface area (Å²) in [4.78, 5) is 0.125. The predicted molar refractivity (Wildman–Crippen MR) is 76.5 cm³/mol. The van der Waals surface area contributed by atoms with Crippen molar-refractivity contribution in [2.75, 3.05) is 31.2 Å². The number of hydrogen-bond acceptors (Lipinski definition) is 5. The Balaban J connectivity index is 2.90. The van der Waals surface area contributed by atoms with Crippen LogP contribution in [0.4, 0.5) is 11.4 Å². The molecule has 0 amide bonds. The minimum Gasteiger partial charge on any atom is -0.397 e. The highest BCUT2D eigenvalue weighted by atomic mass is 32.2. The number of aliphatic hydroxyl groups excluding tert-OH is 1. The third-order valence-electron chi connectivity index (χ3n) is 2.79. The molecular formula is C12H21N3O3S. The van der Waals surface area contributed by atoms with Crippen LogP contribution in [0, 0.1) is 5.41 Å². The van der Waals surface area contributed by atoms with Crippen LogP contribution in [0.25, 0.3) is 0 Å². The lowest BCUT2D eigenvalue weighted by atomic mass is 9.95. The highest BCUT2D eigenvalue weighted by molar-refractivity contribution is 7.89. The van der Waals surface area contributed by atoms with Gasteiger partial charge in [-0.25, -0.2) is 13.1 Å². The number of aliphatic hydroxyl groups is 1. The maximum Gasteiger partial charge on any atom is 0.240 e. The fourth-order valence-corrected chi connectivity index (χ4v) is 2.14. The van der Waals surface area contributed by atoms with Gasteiger partial charge in [-0.2, -0.15) is 0 Å². The molecule has 0 radical (unpaired) electrons. The van der Waals surface area contributed by atoms with Crippen LogP contribution < -0.4 is 15.8 Å². The van der Waals surface area contributed by atoms with Crippen LogP contribution in [0.2, 0.25) is 0 Å². The van der Waals surface area contributed by atoms with Crippen molar-refractivity contribution in [3.8, 4) is 0 Å². The topological polar surface area (TPSA) is 104 Å². The maximum absolute atomic E-state index is 11.6. The van der Waals surface area contributed by atoms with Gasteiger partial charge in [0.2, 0.25) is 10.0 Å². The van der Waals surface area contributed by atoms with Crippen molar-refractivity contribution in [1.82, 2.24) is 4.72 Å². The van der Waals surface area contributed by atoms with E-state index in [9.17, 15) is 8.42 Å². The summed E-state index contributed by atoms with van der Waals surface area (Å²) in [5.74, 6) is 0. The fraction of sp³-hybridized carbons (Fsp3) is 0.500. The van der Waals surface area contributed by atoms with E-state index >= 15 is 0 Å². The van der Waals surface area contributed by atoms with Crippen molar-refractivity contribution in [2.24, 2.45) is 5.41 Å². The third kappa shape index (κ3) is 4.09. The van der Waals surface area contributed by atoms with E-state index in [-0.39, 0.29) is 16.9 Å². The second-order valence-electron chi connectivity index (χ2n) is 5.13. The molecule has 19 heavy (non-hydrogen) atoms. The van der Waals surface area contributed by atoms with E-state index in [2.05, 4.69) is 10.0 Å². The monoisotopic (exact) mass is 287 g/mol. The van der Waals surface area contributed by atoms with Crippen LogP contribution in [0.1, 0.15) is 13.8 Å². The van der Waals surface area contributed by atoms with Crippen molar-refractivity contribution in [3.63, 3.8) is 0 Å². The third-order valence-corrected chi connectivity index (χ3v) is 4.20. The van der Waals surface area contributed by atoms with Crippen molar-refractivity contribution in [3.05, 3.63) is 18.2 Å². The number of hydrogen-bond donors (Lipinski definition) is 4. The zero-order valence-corrected chi connectivity index (χ0v) is 12.2. The lowest BCUT2D eigenvalue weighted by Gasteiger charge is -2.23. The standard InChI is InChI=1S/C12H21N3O3S/c1-12(2,8-16)7-15-11-5-4-9(6-10(11)13)19(17,18)14-3/h4-6,14-16H,7-8,13H2,1-3H3. The molecule has 0 unspecified atom stereocenters. The van der Waals surface area contributed by atoms with Gasteiger partial charge in [0.25, 0.3) is 0 Å². The van der Waals surface area contributed by atoms with E-state index in [4.69, 9.17) is 10.8 Å². The van der Waals surface area contributed by atoms with Crippen LogP contribution in [-0.2, 0) is 10.0 Å². The van der Waals surface area contributed by atoms with Crippen molar-refractivity contribution in [2.45, 2.75) is 18.7 Å². The average Bonchev–Trinajstić information content (AvgIpc) is 2.37. The molecule has 7 heteroatoms. The minimum absolute atomic E-state index is 0.0477. The predicted octanol–water partition coefficient (Wildman–Crippen LogP) is 0.607. The van der Waals surface area contributed by atoms with E-state index in [0.29, 0.717) is 17.9 Å². The van der Waals surface area contributed by atoms with Crippen LogP contribution in [0.5, 0.6) is 0 Å². The molecule has 0 spiro atoms. The zero-order chi connectivity index (χ0) is 14.7. The molecule has 1 aromatic carbocycles. The molecule has 0 aliphatic rings. The summed E-state index contributed by atoms with van der Waals surface area (Å²) in [6.45, 7) is 4.41. The molecule has 0 bridgehead atoms. The summed E-state index contributed by atoms with van der Waals surface area (Å²) in [6.07, 6.45) is 0. The molecule has 0 heterocycles. The van der Waals surface area contributed by atoms with E-state index in [1.165, 1.54) is 19.2 Å². The Morgan fingerprint density at radius 3 is 2.47 bits per heavy atom. The van der Waals surface area contributed by atoms with Gasteiger partial charge in [0.1, 0.15) is 0 Å². The molecule has 0 saturated heterocycles. The smallest absolute Gasteiger partial charge is 0.240 e. The first-order valence-corrected chi connectivity index (χ1v) is 7.38. The Morgan fingerprint density at radius 1 is 1.37 bits per heavy atom. The first-order valence-electron chi connectivity index (χ1n) is 5.90. The number of nitrogen functional groups attached to an aromatic ring is 1. The van der Waals surface area contributed by atoms with Crippen LogP contribution in [-0.4, -0.2) is 33.7 Å². The molecular weight excluding hydrogens is 266 g/mol. The van der Waals surface area contributed by atoms with Crippen LogP contribution in [0.15, 0.2) is 23.1 Å². The number of rotatable bonds is 6. The second kappa shape index (κ2) is 5.77. The van der Waals surface area contributed by atoms with Crippen molar-refractivity contribution >= 4 is 21.4 Å². The SMILES string of the molecule is CNS(=O)(=O)c1ccc(NCC(C)(C)CO)c(N)c1. The number of benzene rings is 1. The average molecular weight is 287 g/mol. The highest BCUT2D eigenvalue weighted by Crippen LogP contribution is 2.24. The molecule has 108 valence electrons. The molecule has 0 aromatic heterocycles. The molecule has 0 saturated carbocycles. The molecule has 0 atom stereocenters. The van der Waals surface area contributed by atoms with E-state index in [0.717, 1.165) is 0 Å². The Hall–Kier alpha value is -1.31. The van der Waals surface area contributed by atoms with Gasteiger partial charge in [-0.05, 0) is 25.2 Å². The molecule has 1 rings (SSSR count). The normalized spacial score (nSPS) is 12.4. The summed E-state index contributed by atoms with van der Waals surface area (Å²) in [5, 5.41) is 12.3. The molecule has 5 N–H and O–H groups in total. The Labute approximate surface area is 114 Å². The number of anilines is 2. The number of nitrogens with two attached hydrogens (primary N) is 1. The van der Waals surface area contributed by atoms with Gasteiger partial charge in [-0.15, -0.1) is 0 Å². The Bertz CT molecular complexity index is 541. The van der Waals surface area contributed by atoms with E-state index in [1.54, 1.807) is 6.07 Å². The van der Waals surface area contributed by atoms with Crippen LogP contribution in [0.3, 0.4) is 0 Å². The molecule has 1 aromatic rings. The molecule has 0 aliphatic carbocycles. The van der Waals surface area contributed by atoms with Crippen molar-refractivity contribution < 1.29 is 13.5 Å². The summed E-state index contributed by atoms with van der Waals surface area (Å²) >= 11 is 0. The van der Waals surface area contributed by atoms with Gasteiger partial charge < -0.3 is 16.2 Å². The van der Waals surface area contributed by atoms with Gasteiger partial charge in [0, 0.05) is 18.6 Å². The largest absolute Gasteiger partial charge is 0.397 e. The van der Waals surface area contributed by atoms with E-state index < -0.39 is 10.0 Å². The summed E-state index contributed by atoms with van der Waals surface area (Å²) < 4.78 is 25.4. The summed E-state index contributed by atoms with van der Waals surface area (Å²) in [6, 6.07) is 4.50. The zero-order valence-electron chi connectivity index (χ0n) is 11.4. The molecule has 0 aliphatic heterocycles. The molecule has 0 fully saturated rings. The minimum atomic E-state index is -3.48. The van der Waals surface area contributed by atoms with Gasteiger partial charge in [0.15, 0.2) is 0 Å². The van der Waals surface area contributed by atoms with Gasteiger partial charge in [0.05, 0.1) is 16.3 Å². The first kappa shape index (κ1) is 15.7. The lowest BCUT2D eigenvalue weighted by molar-refractivity contribution is 0.171. The van der Waals surface area contributed by atoms with Crippen molar-refractivity contribution in [1.29, 1.82) is 0 Å². The summed E-state index contributed by atoms with van der Waals surface area (Å²) in [5.41, 5.74) is 6.55. The quantitative estimate of drug-likeness (QED) is 0.574. The first-order chi connectivity index (χ1) is 8.72. The van der Waals surface area contributed by atoms with E-state index in [1.807, 2.05) is 13.8 Å². The van der Waals surface area contributed by atoms with Crippen LogP contribution >= 0.6 is 0 Å². The lowest BCUT2D eigenvalue weighted by Crippen LogP contribution is -2.27.